The number of amides is 1. The molecule has 2 aromatic rings. The molecule has 1 aliphatic rings. The second kappa shape index (κ2) is 7.94. The molecule has 3 rings (SSSR count). The van der Waals surface area contributed by atoms with Crippen LogP contribution in [0.2, 0.25) is 0 Å². The van der Waals surface area contributed by atoms with Gasteiger partial charge >= 0.3 is 0 Å². The lowest BCUT2D eigenvalue weighted by Gasteiger charge is -2.21. The number of aryl methyl sites for hydroxylation is 1. The molecule has 1 fully saturated rings. The van der Waals surface area contributed by atoms with Crippen molar-refractivity contribution < 1.29 is 4.79 Å². The third-order valence-corrected chi connectivity index (χ3v) is 5.68. The molecule has 0 aliphatic carbocycles. The summed E-state index contributed by atoms with van der Waals surface area (Å²) >= 11 is 3.61. The van der Waals surface area contributed by atoms with E-state index in [-0.39, 0.29) is 24.4 Å². The maximum absolute atomic E-state index is 13.1. The average Bonchev–Trinajstić information content (AvgIpc) is 3.08. The van der Waals surface area contributed by atoms with E-state index < -0.39 is 0 Å². The number of carbonyl (C=O) groups is 1. The van der Waals surface area contributed by atoms with Crippen LogP contribution >= 0.6 is 28.3 Å². The van der Waals surface area contributed by atoms with Gasteiger partial charge < -0.3 is 15.2 Å². The van der Waals surface area contributed by atoms with Gasteiger partial charge in [-0.1, -0.05) is 12.1 Å². The summed E-state index contributed by atoms with van der Waals surface area (Å²) in [6.07, 6.45) is 0.991. The highest BCUT2D eigenvalue weighted by atomic mass is 79.9. The molecule has 0 radical (unpaired) electrons. The van der Waals surface area contributed by atoms with Crippen LogP contribution in [-0.4, -0.2) is 34.5 Å². The zero-order valence-electron chi connectivity index (χ0n) is 14.8. The molecule has 25 heavy (non-hydrogen) atoms. The third kappa shape index (κ3) is 3.64. The van der Waals surface area contributed by atoms with Crippen molar-refractivity contribution in [2.45, 2.75) is 33.2 Å². The van der Waals surface area contributed by atoms with Gasteiger partial charge in [0, 0.05) is 28.4 Å². The van der Waals surface area contributed by atoms with Gasteiger partial charge in [-0.05, 0) is 73.8 Å². The minimum absolute atomic E-state index is 0. The quantitative estimate of drug-likeness (QED) is 0.803. The number of halogens is 2. The number of nitrogens with zero attached hydrogens (tertiary/aromatic N) is 2. The number of nitrogens with two attached hydrogens (primary N) is 1. The maximum Gasteiger partial charge on any atom is 0.255 e. The van der Waals surface area contributed by atoms with Crippen molar-refractivity contribution in [2.24, 2.45) is 11.7 Å². The van der Waals surface area contributed by atoms with E-state index in [2.05, 4.69) is 33.5 Å². The summed E-state index contributed by atoms with van der Waals surface area (Å²) in [5.41, 5.74) is 9.68. The molecule has 0 spiro atoms. The summed E-state index contributed by atoms with van der Waals surface area (Å²) < 4.78 is 3.15. The molecule has 2 N–H and O–H groups in total. The van der Waals surface area contributed by atoms with E-state index >= 15 is 0 Å². The van der Waals surface area contributed by atoms with E-state index in [4.69, 9.17) is 5.73 Å². The van der Waals surface area contributed by atoms with Gasteiger partial charge in [0.15, 0.2) is 0 Å². The van der Waals surface area contributed by atoms with E-state index in [1.54, 1.807) is 0 Å². The van der Waals surface area contributed by atoms with Crippen LogP contribution in [-0.2, 0) is 0 Å². The number of hydrogen-bond donors (Lipinski definition) is 1. The number of likely N-dealkylation sites (tertiary alicyclic amines) is 1. The molecule has 1 aromatic heterocycles. The van der Waals surface area contributed by atoms with Crippen LogP contribution in [0.3, 0.4) is 0 Å². The van der Waals surface area contributed by atoms with Gasteiger partial charge in [-0.25, -0.2) is 0 Å². The number of hydrogen-bond acceptors (Lipinski definition) is 2. The summed E-state index contributed by atoms with van der Waals surface area (Å²) in [5.74, 6) is 0.528. The minimum atomic E-state index is 0. The number of carbonyl (C=O) groups excluding carboxylic acids is 1. The maximum atomic E-state index is 13.1. The lowest BCUT2D eigenvalue weighted by atomic mass is 10.1. The first-order valence-corrected chi connectivity index (χ1v) is 9.18. The van der Waals surface area contributed by atoms with E-state index in [0.717, 1.165) is 40.1 Å². The Hall–Kier alpha value is -1.30. The highest BCUT2D eigenvalue weighted by Crippen LogP contribution is 2.29. The van der Waals surface area contributed by atoms with Crippen molar-refractivity contribution >= 4 is 34.2 Å². The summed E-state index contributed by atoms with van der Waals surface area (Å²) in [6.45, 7) is 7.57. The second-order valence-corrected chi connectivity index (χ2v) is 7.57. The van der Waals surface area contributed by atoms with Crippen LogP contribution in [0.5, 0.6) is 0 Å². The molecule has 0 saturated carbocycles. The van der Waals surface area contributed by atoms with Crippen molar-refractivity contribution in [1.29, 1.82) is 0 Å². The molecule has 6 heteroatoms. The average molecular weight is 427 g/mol. The molecule has 1 saturated heterocycles. The topological polar surface area (TPSA) is 51.3 Å². The summed E-state index contributed by atoms with van der Waals surface area (Å²) in [5, 5.41) is 0. The minimum Gasteiger partial charge on any atom is -0.336 e. The highest BCUT2D eigenvalue weighted by Gasteiger charge is 2.33. The van der Waals surface area contributed by atoms with E-state index in [9.17, 15) is 4.79 Å². The standard InChI is InChI=1S/C19H24BrN3O.ClH/c1-12-8-15(10-21)11-22(12)19(24)16-9-13(2)23(14(16)3)18-7-5-4-6-17(18)20;/h4-7,9,12,15H,8,10-11,21H2,1-3H3;1H. The van der Waals surface area contributed by atoms with Gasteiger partial charge in [-0.2, -0.15) is 0 Å². The summed E-state index contributed by atoms with van der Waals surface area (Å²) in [6, 6.07) is 10.3. The zero-order chi connectivity index (χ0) is 17.4. The van der Waals surface area contributed by atoms with Crippen LogP contribution in [0, 0.1) is 19.8 Å². The van der Waals surface area contributed by atoms with Crippen molar-refractivity contribution in [1.82, 2.24) is 9.47 Å². The van der Waals surface area contributed by atoms with Crippen molar-refractivity contribution in [3.05, 3.63) is 51.8 Å². The van der Waals surface area contributed by atoms with Gasteiger partial charge in [0.25, 0.3) is 5.91 Å². The molecule has 1 aliphatic heterocycles. The first kappa shape index (κ1) is 20.0. The summed E-state index contributed by atoms with van der Waals surface area (Å²) in [7, 11) is 0. The molecule has 1 amide bonds. The third-order valence-electron chi connectivity index (χ3n) is 5.01. The Labute approximate surface area is 163 Å². The Balaban J connectivity index is 0.00000225. The smallest absolute Gasteiger partial charge is 0.255 e. The monoisotopic (exact) mass is 425 g/mol. The Morgan fingerprint density at radius 2 is 2.00 bits per heavy atom. The first-order valence-electron chi connectivity index (χ1n) is 8.39. The number of rotatable bonds is 3. The van der Waals surface area contributed by atoms with Crippen LogP contribution < -0.4 is 5.73 Å². The first-order chi connectivity index (χ1) is 11.4. The van der Waals surface area contributed by atoms with E-state index in [1.165, 1.54) is 0 Å². The lowest BCUT2D eigenvalue weighted by Crippen LogP contribution is -2.34. The van der Waals surface area contributed by atoms with Gasteiger partial charge in [-0.3, -0.25) is 4.79 Å². The number of benzene rings is 1. The van der Waals surface area contributed by atoms with E-state index in [1.807, 2.05) is 43.0 Å². The largest absolute Gasteiger partial charge is 0.336 e. The normalized spacial score (nSPS) is 19.8. The van der Waals surface area contributed by atoms with Crippen LogP contribution in [0.25, 0.3) is 5.69 Å². The number of para-hydroxylation sites is 1. The van der Waals surface area contributed by atoms with Gasteiger partial charge in [-0.15, -0.1) is 12.4 Å². The fourth-order valence-corrected chi connectivity index (χ4v) is 4.20. The molecule has 0 bridgehead atoms. The Morgan fingerprint density at radius 1 is 1.32 bits per heavy atom. The molecular weight excluding hydrogens is 402 g/mol. The molecule has 1 aromatic carbocycles. The second-order valence-electron chi connectivity index (χ2n) is 6.72. The fraction of sp³-hybridized carbons (Fsp3) is 0.421. The highest BCUT2D eigenvalue weighted by molar-refractivity contribution is 9.10. The fourth-order valence-electron chi connectivity index (χ4n) is 3.73. The van der Waals surface area contributed by atoms with Gasteiger partial charge in [0.1, 0.15) is 0 Å². The molecule has 2 unspecified atom stereocenters. The van der Waals surface area contributed by atoms with Gasteiger partial charge in [0.2, 0.25) is 0 Å². The lowest BCUT2D eigenvalue weighted by molar-refractivity contribution is 0.0742. The summed E-state index contributed by atoms with van der Waals surface area (Å²) in [4.78, 5) is 15.1. The van der Waals surface area contributed by atoms with Gasteiger partial charge in [0.05, 0.1) is 11.3 Å². The van der Waals surface area contributed by atoms with E-state index in [0.29, 0.717) is 12.5 Å². The van der Waals surface area contributed by atoms with Crippen molar-refractivity contribution in [3.63, 3.8) is 0 Å². The van der Waals surface area contributed by atoms with Crippen LogP contribution in [0.4, 0.5) is 0 Å². The molecular formula is C19H25BrClN3O. The van der Waals surface area contributed by atoms with Crippen molar-refractivity contribution in [3.8, 4) is 5.69 Å². The number of aromatic nitrogens is 1. The predicted molar refractivity (Wildman–Crippen MR) is 108 cm³/mol. The molecule has 2 atom stereocenters. The Bertz CT molecular complexity index is 774. The van der Waals surface area contributed by atoms with Crippen molar-refractivity contribution in [2.75, 3.05) is 13.1 Å². The Morgan fingerprint density at radius 3 is 2.60 bits per heavy atom. The molecule has 136 valence electrons. The van der Waals surface area contributed by atoms with Crippen LogP contribution in [0.15, 0.2) is 34.8 Å². The molecule has 2 heterocycles. The predicted octanol–water partition coefficient (Wildman–Crippen LogP) is 4.09. The Kier molecular flexibility index (Phi) is 6.35. The van der Waals surface area contributed by atoms with Crippen LogP contribution in [0.1, 0.15) is 35.1 Å². The molecule has 4 nitrogen and oxygen atoms in total. The zero-order valence-corrected chi connectivity index (χ0v) is 17.2. The SMILES string of the molecule is Cc1cc(C(=O)N2CC(CN)CC2C)c(C)n1-c1ccccc1Br.Cl.